The molecule has 1 aromatic carbocycles. The van der Waals surface area contributed by atoms with Crippen molar-refractivity contribution in [3.05, 3.63) is 54.4 Å². The lowest BCUT2D eigenvalue weighted by Crippen LogP contribution is -1.83. The summed E-state index contributed by atoms with van der Waals surface area (Å²) in [5.41, 5.74) is 3.73. The van der Waals surface area contributed by atoms with E-state index < -0.39 is 0 Å². The first-order valence-corrected chi connectivity index (χ1v) is 5.34. The molecule has 0 N–H and O–H groups in total. The van der Waals surface area contributed by atoms with Crippen LogP contribution < -0.4 is 0 Å². The molecule has 1 heteroatoms. The topological polar surface area (TPSA) is 12.9 Å². The van der Waals surface area contributed by atoms with E-state index in [0.717, 1.165) is 0 Å². The first kappa shape index (κ1) is 11.4. The van der Waals surface area contributed by atoms with Crippen LogP contribution in [0.1, 0.15) is 19.4 Å². The quantitative estimate of drug-likeness (QED) is 0.674. The highest BCUT2D eigenvalue weighted by atomic mass is 14.6. The smallest absolute Gasteiger partial charge is 0.0303 e. The summed E-state index contributed by atoms with van der Waals surface area (Å²) in [5, 5.41) is 0. The van der Waals surface area contributed by atoms with Gasteiger partial charge in [-0.1, -0.05) is 44.2 Å². The van der Waals surface area contributed by atoms with Crippen LogP contribution in [0.3, 0.4) is 0 Å². The Morgan fingerprint density at radius 3 is 2.20 bits per heavy atom. The van der Waals surface area contributed by atoms with Crippen LogP contribution in [0, 0.1) is 6.92 Å². The van der Waals surface area contributed by atoms with Crippen LogP contribution >= 0.6 is 0 Å². The number of pyridine rings is 1. The fourth-order valence-corrected chi connectivity index (χ4v) is 1.42. The van der Waals surface area contributed by atoms with Gasteiger partial charge >= 0.3 is 0 Å². The molecule has 0 spiro atoms. The summed E-state index contributed by atoms with van der Waals surface area (Å²) in [6.07, 6.45) is 3.72. The number of rotatable bonds is 1. The lowest BCUT2D eigenvalue weighted by Gasteiger charge is -2.03. The second kappa shape index (κ2) is 5.97. The minimum atomic E-state index is 1.22. The van der Waals surface area contributed by atoms with Crippen molar-refractivity contribution in [2.45, 2.75) is 20.8 Å². The molecule has 0 radical (unpaired) electrons. The molecule has 0 unspecified atom stereocenters. The van der Waals surface area contributed by atoms with Gasteiger partial charge in [0.05, 0.1) is 0 Å². The molecule has 0 aliphatic rings. The molecule has 1 heterocycles. The van der Waals surface area contributed by atoms with E-state index in [0.29, 0.717) is 0 Å². The first-order valence-electron chi connectivity index (χ1n) is 5.34. The highest BCUT2D eigenvalue weighted by molar-refractivity contribution is 5.65. The van der Waals surface area contributed by atoms with Crippen LogP contribution in [-0.2, 0) is 0 Å². The van der Waals surface area contributed by atoms with Gasteiger partial charge in [-0.05, 0) is 29.7 Å². The van der Waals surface area contributed by atoms with Crippen LogP contribution in [0.2, 0.25) is 0 Å². The zero-order valence-corrected chi connectivity index (χ0v) is 9.57. The van der Waals surface area contributed by atoms with Crippen molar-refractivity contribution in [2.75, 3.05) is 0 Å². The fourth-order valence-electron chi connectivity index (χ4n) is 1.42. The van der Waals surface area contributed by atoms with Crippen molar-refractivity contribution < 1.29 is 0 Å². The lowest BCUT2D eigenvalue weighted by atomic mass is 10.0. The molecule has 2 rings (SSSR count). The number of hydrogen-bond donors (Lipinski definition) is 0. The van der Waals surface area contributed by atoms with Gasteiger partial charge in [0, 0.05) is 12.4 Å². The largest absolute Gasteiger partial charge is 0.264 e. The Kier molecular flexibility index (Phi) is 4.55. The van der Waals surface area contributed by atoms with Gasteiger partial charge in [0.25, 0.3) is 0 Å². The summed E-state index contributed by atoms with van der Waals surface area (Å²) < 4.78 is 0. The number of benzene rings is 1. The van der Waals surface area contributed by atoms with Crippen molar-refractivity contribution >= 4 is 0 Å². The minimum Gasteiger partial charge on any atom is -0.264 e. The molecule has 0 saturated carbocycles. The lowest BCUT2D eigenvalue weighted by molar-refractivity contribution is 1.27. The zero-order valence-electron chi connectivity index (χ0n) is 9.57. The number of nitrogens with zero attached hydrogens (tertiary/aromatic N) is 1. The van der Waals surface area contributed by atoms with E-state index in [9.17, 15) is 0 Å². The molecule has 0 fully saturated rings. The Labute approximate surface area is 91.8 Å². The SMILES string of the molecule is CC.Cc1cnccc1-c1ccccc1. The summed E-state index contributed by atoms with van der Waals surface area (Å²) in [4.78, 5) is 4.07. The molecule has 1 nitrogen and oxygen atoms in total. The van der Waals surface area contributed by atoms with Crippen molar-refractivity contribution in [1.29, 1.82) is 0 Å². The van der Waals surface area contributed by atoms with E-state index in [2.05, 4.69) is 36.2 Å². The van der Waals surface area contributed by atoms with E-state index in [1.165, 1.54) is 16.7 Å². The van der Waals surface area contributed by atoms with Crippen molar-refractivity contribution in [3.63, 3.8) is 0 Å². The maximum absolute atomic E-state index is 4.07. The van der Waals surface area contributed by atoms with Gasteiger partial charge in [0.1, 0.15) is 0 Å². The zero-order chi connectivity index (χ0) is 11.1. The first-order chi connectivity index (χ1) is 7.38. The second-order valence-corrected chi connectivity index (χ2v) is 3.06. The summed E-state index contributed by atoms with van der Waals surface area (Å²) in [5.74, 6) is 0. The third-order valence-corrected chi connectivity index (χ3v) is 2.11. The summed E-state index contributed by atoms with van der Waals surface area (Å²) >= 11 is 0. The van der Waals surface area contributed by atoms with Gasteiger partial charge in [0.2, 0.25) is 0 Å². The van der Waals surface area contributed by atoms with Gasteiger partial charge < -0.3 is 0 Å². The van der Waals surface area contributed by atoms with E-state index in [-0.39, 0.29) is 0 Å². The Bertz CT molecular complexity index is 393. The average Bonchev–Trinajstić information content (AvgIpc) is 2.33. The van der Waals surface area contributed by atoms with Gasteiger partial charge in [-0.25, -0.2) is 0 Å². The molecule has 0 atom stereocenters. The Morgan fingerprint density at radius 2 is 1.60 bits per heavy atom. The third-order valence-electron chi connectivity index (χ3n) is 2.11. The number of aryl methyl sites for hydroxylation is 1. The van der Waals surface area contributed by atoms with Gasteiger partial charge in [-0.3, -0.25) is 4.98 Å². The standard InChI is InChI=1S/C12H11N.C2H6/c1-10-9-13-8-7-12(10)11-5-3-2-4-6-11;1-2/h2-9H,1H3;1-2H3. The van der Waals surface area contributed by atoms with Crippen LogP contribution in [-0.4, -0.2) is 4.98 Å². The van der Waals surface area contributed by atoms with Gasteiger partial charge in [-0.2, -0.15) is 0 Å². The molecule has 1 aromatic heterocycles. The number of aromatic nitrogens is 1. The third kappa shape index (κ3) is 2.91. The van der Waals surface area contributed by atoms with Crippen LogP contribution in [0.5, 0.6) is 0 Å². The summed E-state index contributed by atoms with van der Waals surface area (Å²) in [7, 11) is 0. The van der Waals surface area contributed by atoms with E-state index in [1.807, 2.05) is 38.4 Å². The van der Waals surface area contributed by atoms with E-state index in [1.54, 1.807) is 0 Å². The molecule has 0 aliphatic carbocycles. The predicted octanol–water partition coefficient (Wildman–Crippen LogP) is 4.08. The highest BCUT2D eigenvalue weighted by Crippen LogP contribution is 2.21. The van der Waals surface area contributed by atoms with Crippen molar-refractivity contribution in [1.82, 2.24) is 4.98 Å². The van der Waals surface area contributed by atoms with Crippen molar-refractivity contribution in [2.24, 2.45) is 0 Å². The van der Waals surface area contributed by atoms with Crippen molar-refractivity contribution in [3.8, 4) is 11.1 Å². The highest BCUT2D eigenvalue weighted by Gasteiger charge is 1.98. The van der Waals surface area contributed by atoms with E-state index >= 15 is 0 Å². The molecule has 0 saturated heterocycles. The maximum atomic E-state index is 4.07. The number of hydrogen-bond acceptors (Lipinski definition) is 1. The Morgan fingerprint density at radius 1 is 0.933 bits per heavy atom. The molecule has 2 aromatic rings. The molecular formula is C14H17N. The molecule has 15 heavy (non-hydrogen) atoms. The maximum Gasteiger partial charge on any atom is 0.0303 e. The molecular weight excluding hydrogens is 182 g/mol. The monoisotopic (exact) mass is 199 g/mol. The Hall–Kier alpha value is -1.63. The molecule has 78 valence electrons. The molecule has 0 aliphatic heterocycles. The van der Waals surface area contributed by atoms with Gasteiger partial charge in [0.15, 0.2) is 0 Å². The normalized spacial score (nSPS) is 9.00. The van der Waals surface area contributed by atoms with Crippen LogP contribution in [0.4, 0.5) is 0 Å². The predicted molar refractivity (Wildman–Crippen MR) is 65.8 cm³/mol. The summed E-state index contributed by atoms with van der Waals surface area (Å²) in [6.45, 7) is 6.08. The molecule has 0 bridgehead atoms. The second-order valence-electron chi connectivity index (χ2n) is 3.06. The van der Waals surface area contributed by atoms with Gasteiger partial charge in [-0.15, -0.1) is 0 Å². The summed E-state index contributed by atoms with van der Waals surface area (Å²) in [6, 6.07) is 12.4. The average molecular weight is 199 g/mol. The fraction of sp³-hybridized carbons (Fsp3) is 0.214. The Balaban J connectivity index is 0.000000531. The minimum absolute atomic E-state index is 1.22. The van der Waals surface area contributed by atoms with E-state index in [4.69, 9.17) is 0 Å². The van der Waals surface area contributed by atoms with Crippen LogP contribution in [0.25, 0.3) is 11.1 Å². The van der Waals surface area contributed by atoms with Crippen LogP contribution in [0.15, 0.2) is 48.8 Å². The molecule has 0 amide bonds.